The minimum atomic E-state index is -3.97. The Bertz CT molecular complexity index is 1090. The molecule has 0 saturated carbocycles. The number of hydrogen-bond acceptors (Lipinski definition) is 7. The molecule has 1 saturated heterocycles. The van der Waals surface area contributed by atoms with E-state index in [1.54, 1.807) is 24.3 Å². The summed E-state index contributed by atoms with van der Waals surface area (Å²) in [5.74, 6) is -0.521. The van der Waals surface area contributed by atoms with E-state index in [0.717, 1.165) is 5.69 Å². The lowest BCUT2D eigenvalue weighted by Gasteiger charge is -2.33. The average molecular weight is 490 g/mol. The SMILES string of the molecule is CN(C)c1ccc(C(=O)NCCCOc2ccc(S(=O)(=O)C3(C(N)=O)CCOCC3)cc2)cc1. The first-order chi connectivity index (χ1) is 16.2. The molecule has 9 nitrogen and oxygen atoms in total. The highest BCUT2D eigenvalue weighted by atomic mass is 32.2. The number of primary amides is 1. The molecule has 34 heavy (non-hydrogen) atoms. The maximum atomic E-state index is 13.2. The Morgan fingerprint density at radius 2 is 1.68 bits per heavy atom. The molecule has 0 unspecified atom stereocenters. The number of sulfone groups is 1. The zero-order valence-corrected chi connectivity index (χ0v) is 20.3. The third-order valence-corrected chi connectivity index (χ3v) is 8.45. The lowest BCUT2D eigenvalue weighted by atomic mass is 9.98. The van der Waals surface area contributed by atoms with Crippen LogP contribution >= 0.6 is 0 Å². The molecule has 3 rings (SSSR count). The molecule has 0 aliphatic carbocycles. The van der Waals surface area contributed by atoms with Crippen LogP contribution in [0.25, 0.3) is 0 Å². The summed E-state index contributed by atoms with van der Waals surface area (Å²) in [6, 6.07) is 13.3. The van der Waals surface area contributed by atoms with Crippen molar-refractivity contribution in [2.24, 2.45) is 5.73 Å². The molecule has 0 aromatic heterocycles. The van der Waals surface area contributed by atoms with Crippen molar-refractivity contribution in [1.29, 1.82) is 0 Å². The molecule has 10 heteroatoms. The normalized spacial score (nSPS) is 15.4. The van der Waals surface area contributed by atoms with E-state index in [9.17, 15) is 18.0 Å². The third kappa shape index (κ3) is 5.51. The van der Waals surface area contributed by atoms with Crippen LogP contribution in [-0.2, 0) is 19.4 Å². The molecular weight excluding hydrogens is 458 g/mol. The molecule has 2 aromatic rings. The van der Waals surface area contributed by atoms with E-state index in [1.807, 2.05) is 31.1 Å². The van der Waals surface area contributed by atoms with Gasteiger partial charge in [-0.25, -0.2) is 8.42 Å². The first-order valence-corrected chi connectivity index (χ1v) is 12.6. The fourth-order valence-corrected chi connectivity index (χ4v) is 5.68. The van der Waals surface area contributed by atoms with Gasteiger partial charge in [-0.3, -0.25) is 9.59 Å². The van der Waals surface area contributed by atoms with Crippen LogP contribution in [-0.4, -0.2) is 65.4 Å². The Balaban J connectivity index is 1.49. The fourth-order valence-electron chi connectivity index (χ4n) is 3.77. The number of hydrogen-bond donors (Lipinski definition) is 2. The third-order valence-electron chi connectivity index (χ3n) is 5.92. The molecule has 1 aliphatic rings. The van der Waals surface area contributed by atoms with Gasteiger partial charge in [0, 0.05) is 45.1 Å². The molecule has 0 radical (unpaired) electrons. The van der Waals surface area contributed by atoms with Crippen LogP contribution in [0.2, 0.25) is 0 Å². The monoisotopic (exact) mass is 489 g/mol. The molecule has 0 spiro atoms. The number of rotatable bonds is 10. The van der Waals surface area contributed by atoms with Crippen molar-refractivity contribution < 1.29 is 27.5 Å². The molecule has 0 atom stereocenters. The van der Waals surface area contributed by atoms with Gasteiger partial charge in [0.1, 0.15) is 5.75 Å². The topological polar surface area (TPSA) is 128 Å². The van der Waals surface area contributed by atoms with Gasteiger partial charge in [-0.05, 0) is 67.8 Å². The van der Waals surface area contributed by atoms with Crippen LogP contribution in [0.15, 0.2) is 53.4 Å². The van der Waals surface area contributed by atoms with Crippen LogP contribution in [0.5, 0.6) is 5.75 Å². The molecule has 0 bridgehead atoms. The summed E-state index contributed by atoms with van der Waals surface area (Å²) in [4.78, 5) is 26.3. The number of ether oxygens (including phenoxy) is 2. The highest BCUT2D eigenvalue weighted by molar-refractivity contribution is 7.93. The minimum absolute atomic E-state index is 0.0214. The van der Waals surface area contributed by atoms with Gasteiger partial charge in [0.2, 0.25) is 5.91 Å². The Hall–Kier alpha value is -3.11. The number of carbonyl (C=O) groups excluding carboxylic acids is 2. The van der Waals surface area contributed by atoms with Gasteiger partial charge in [-0.1, -0.05) is 0 Å². The molecule has 3 N–H and O–H groups in total. The van der Waals surface area contributed by atoms with Gasteiger partial charge in [-0.2, -0.15) is 0 Å². The number of benzene rings is 2. The predicted octanol–water partition coefficient (Wildman–Crippen LogP) is 1.76. The summed E-state index contributed by atoms with van der Waals surface area (Å²) in [6.45, 7) is 1.11. The van der Waals surface area contributed by atoms with Crippen LogP contribution in [0.3, 0.4) is 0 Å². The fraction of sp³-hybridized carbons (Fsp3) is 0.417. The second-order valence-electron chi connectivity index (χ2n) is 8.34. The molecular formula is C24H31N3O6S. The Morgan fingerprint density at radius 1 is 1.06 bits per heavy atom. The molecule has 184 valence electrons. The van der Waals surface area contributed by atoms with E-state index in [2.05, 4.69) is 5.32 Å². The van der Waals surface area contributed by atoms with Gasteiger partial charge >= 0.3 is 0 Å². The number of nitrogens with zero attached hydrogens (tertiary/aromatic N) is 1. The van der Waals surface area contributed by atoms with Gasteiger partial charge < -0.3 is 25.4 Å². The summed E-state index contributed by atoms with van der Waals surface area (Å²) >= 11 is 0. The van der Waals surface area contributed by atoms with Gasteiger partial charge in [-0.15, -0.1) is 0 Å². The van der Waals surface area contributed by atoms with Crippen LogP contribution in [0.4, 0.5) is 5.69 Å². The van der Waals surface area contributed by atoms with Crippen molar-refractivity contribution in [3.05, 3.63) is 54.1 Å². The smallest absolute Gasteiger partial charge is 0.251 e. The van der Waals surface area contributed by atoms with Crippen molar-refractivity contribution >= 4 is 27.3 Å². The van der Waals surface area contributed by atoms with Gasteiger partial charge in [0.05, 0.1) is 11.5 Å². The lowest BCUT2D eigenvalue weighted by molar-refractivity contribution is -0.122. The Morgan fingerprint density at radius 3 is 2.24 bits per heavy atom. The summed E-state index contributed by atoms with van der Waals surface area (Å²) in [7, 11) is -0.101. The summed E-state index contributed by atoms with van der Waals surface area (Å²) in [5, 5.41) is 2.85. The van der Waals surface area contributed by atoms with Crippen molar-refractivity contribution in [3.63, 3.8) is 0 Å². The average Bonchev–Trinajstić information content (AvgIpc) is 2.84. The van der Waals surface area contributed by atoms with Crippen molar-refractivity contribution in [3.8, 4) is 5.75 Å². The number of carbonyl (C=O) groups is 2. The largest absolute Gasteiger partial charge is 0.494 e. The van der Waals surface area contributed by atoms with Crippen LogP contribution in [0, 0.1) is 0 Å². The maximum absolute atomic E-state index is 13.2. The summed E-state index contributed by atoms with van der Waals surface area (Å²) < 4.78 is 35.5. The maximum Gasteiger partial charge on any atom is 0.251 e. The Kier molecular flexibility index (Phi) is 8.16. The first-order valence-electron chi connectivity index (χ1n) is 11.1. The standard InChI is InChI=1S/C24H31N3O6S/c1-27(2)19-6-4-18(5-7-19)22(28)26-14-3-15-33-20-8-10-21(11-9-20)34(30,31)24(23(25)29)12-16-32-17-13-24/h4-11H,3,12-17H2,1-2H3,(H2,25,29)(H,26,28). The summed E-state index contributed by atoms with van der Waals surface area (Å²) in [6.07, 6.45) is 0.648. The zero-order valence-electron chi connectivity index (χ0n) is 19.5. The molecule has 1 heterocycles. The van der Waals surface area contributed by atoms with E-state index >= 15 is 0 Å². The second kappa shape index (κ2) is 10.9. The zero-order chi connectivity index (χ0) is 24.8. The first kappa shape index (κ1) is 25.5. The van der Waals surface area contributed by atoms with Crippen molar-refractivity contribution in [2.45, 2.75) is 28.9 Å². The molecule has 1 fully saturated rings. The van der Waals surface area contributed by atoms with Crippen molar-refractivity contribution in [1.82, 2.24) is 5.32 Å². The lowest BCUT2D eigenvalue weighted by Crippen LogP contribution is -2.53. The number of nitrogens with two attached hydrogens (primary N) is 1. The number of nitrogens with one attached hydrogen (secondary N) is 1. The van der Waals surface area contributed by atoms with E-state index in [-0.39, 0.29) is 36.9 Å². The second-order valence-corrected chi connectivity index (χ2v) is 10.6. The van der Waals surface area contributed by atoms with Gasteiger partial charge in [0.15, 0.2) is 14.6 Å². The molecule has 2 aromatic carbocycles. The Labute approximate surface area is 200 Å². The minimum Gasteiger partial charge on any atom is -0.494 e. The molecule has 2 amide bonds. The van der Waals surface area contributed by atoms with E-state index in [0.29, 0.717) is 30.9 Å². The van der Waals surface area contributed by atoms with Crippen LogP contribution < -0.4 is 20.7 Å². The predicted molar refractivity (Wildman–Crippen MR) is 129 cm³/mol. The van der Waals surface area contributed by atoms with Gasteiger partial charge in [0.25, 0.3) is 5.91 Å². The molecule has 1 aliphatic heterocycles. The summed E-state index contributed by atoms with van der Waals surface area (Å²) in [5.41, 5.74) is 7.10. The highest BCUT2D eigenvalue weighted by Gasteiger charge is 2.51. The van der Waals surface area contributed by atoms with E-state index < -0.39 is 20.5 Å². The van der Waals surface area contributed by atoms with E-state index in [1.165, 1.54) is 12.1 Å². The number of anilines is 1. The van der Waals surface area contributed by atoms with Crippen LogP contribution in [0.1, 0.15) is 29.6 Å². The van der Waals surface area contributed by atoms with E-state index in [4.69, 9.17) is 15.2 Å². The highest BCUT2D eigenvalue weighted by Crippen LogP contribution is 2.35. The van der Waals surface area contributed by atoms with Crippen molar-refractivity contribution in [2.75, 3.05) is 45.4 Å². The quantitative estimate of drug-likeness (QED) is 0.487. The number of amides is 2.